The SMILES string of the molecule is CCNC(CC(C)COC)CC1CCC(F)(F)C1. The monoisotopic (exact) mass is 263 g/mol. The summed E-state index contributed by atoms with van der Waals surface area (Å²) in [5.74, 6) is -1.76. The summed E-state index contributed by atoms with van der Waals surface area (Å²) < 4.78 is 31.5. The van der Waals surface area contributed by atoms with Gasteiger partial charge in [0, 0.05) is 32.6 Å². The number of methoxy groups -OCH3 is 1. The van der Waals surface area contributed by atoms with Gasteiger partial charge in [0.1, 0.15) is 0 Å². The largest absolute Gasteiger partial charge is 0.384 e. The van der Waals surface area contributed by atoms with E-state index in [1.54, 1.807) is 7.11 Å². The molecule has 2 nitrogen and oxygen atoms in total. The third-order valence-electron chi connectivity index (χ3n) is 3.75. The standard InChI is InChI=1S/C14H27F2NO/c1-4-17-13(7-11(2)10-18-3)8-12-5-6-14(15,16)9-12/h11-13,17H,4-10H2,1-3H3. The predicted molar refractivity (Wildman–Crippen MR) is 70.0 cm³/mol. The molecule has 0 aromatic carbocycles. The predicted octanol–water partition coefficient (Wildman–Crippen LogP) is 3.46. The highest BCUT2D eigenvalue weighted by atomic mass is 19.3. The number of rotatable bonds is 8. The van der Waals surface area contributed by atoms with Gasteiger partial charge in [0.05, 0.1) is 0 Å². The minimum absolute atomic E-state index is 0.0735. The maximum atomic E-state index is 13.2. The zero-order valence-electron chi connectivity index (χ0n) is 11.8. The van der Waals surface area contributed by atoms with Gasteiger partial charge in [-0.3, -0.25) is 0 Å². The van der Waals surface area contributed by atoms with E-state index in [4.69, 9.17) is 4.74 Å². The van der Waals surface area contributed by atoms with Gasteiger partial charge >= 0.3 is 0 Å². The van der Waals surface area contributed by atoms with Gasteiger partial charge < -0.3 is 10.1 Å². The number of ether oxygens (including phenoxy) is 1. The van der Waals surface area contributed by atoms with Crippen molar-refractivity contribution in [2.24, 2.45) is 11.8 Å². The first-order valence-corrected chi connectivity index (χ1v) is 7.07. The van der Waals surface area contributed by atoms with E-state index in [0.29, 0.717) is 18.4 Å². The molecule has 0 saturated heterocycles. The lowest BCUT2D eigenvalue weighted by atomic mass is 9.92. The Balaban J connectivity index is 2.38. The molecular formula is C14H27F2NO. The Morgan fingerprint density at radius 1 is 1.44 bits per heavy atom. The van der Waals surface area contributed by atoms with Gasteiger partial charge in [-0.05, 0) is 37.6 Å². The van der Waals surface area contributed by atoms with E-state index in [2.05, 4.69) is 19.2 Å². The summed E-state index contributed by atoms with van der Waals surface area (Å²) in [6.45, 7) is 5.85. The molecule has 0 bridgehead atoms. The molecule has 0 aromatic heterocycles. The molecule has 0 spiro atoms. The van der Waals surface area contributed by atoms with Crippen LogP contribution < -0.4 is 5.32 Å². The van der Waals surface area contributed by atoms with Gasteiger partial charge in [-0.2, -0.15) is 0 Å². The maximum absolute atomic E-state index is 13.2. The second-order valence-corrected chi connectivity index (χ2v) is 5.75. The van der Waals surface area contributed by atoms with Crippen LogP contribution in [0.4, 0.5) is 8.78 Å². The quantitative estimate of drug-likeness (QED) is 0.724. The summed E-state index contributed by atoms with van der Waals surface area (Å²) in [6.07, 6.45) is 2.70. The molecule has 3 unspecified atom stereocenters. The van der Waals surface area contributed by atoms with Gasteiger partial charge in [-0.15, -0.1) is 0 Å². The summed E-state index contributed by atoms with van der Waals surface area (Å²) in [5, 5.41) is 3.43. The second kappa shape index (κ2) is 7.39. The molecule has 3 atom stereocenters. The van der Waals surface area contributed by atoms with E-state index in [1.165, 1.54) is 0 Å². The van der Waals surface area contributed by atoms with Crippen LogP contribution >= 0.6 is 0 Å². The van der Waals surface area contributed by atoms with Crippen molar-refractivity contribution in [3.05, 3.63) is 0 Å². The zero-order valence-corrected chi connectivity index (χ0v) is 11.8. The first-order chi connectivity index (χ1) is 8.46. The van der Waals surface area contributed by atoms with Crippen molar-refractivity contribution in [3.8, 4) is 0 Å². The molecule has 0 aromatic rings. The zero-order chi connectivity index (χ0) is 13.6. The van der Waals surface area contributed by atoms with Crippen molar-refractivity contribution in [2.75, 3.05) is 20.3 Å². The van der Waals surface area contributed by atoms with Gasteiger partial charge in [-0.25, -0.2) is 8.78 Å². The van der Waals surface area contributed by atoms with Crippen molar-refractivity contribution in [1.29, 1.82) is 0 Å². The van der Waals surface area contributed by atoms with Crippen LogP contribution in [0.25, 0.3) is 0 Å². The van der Waals surface area contributed by atoms with Crippen LogP contribution in [0.1, 0.15) is 46.0 Å². The molecule has 4 heteroatoms. The number of nitrogens with one attached hydrogen (secondary N) is 1. The summed E-state index contributed by atoms with van der Waals surface area (Å²) in [4.78, 5) is 0. The Hall–Kier alpha value is -0.220. The number of hydrogen-bond acceptors (Lipinski definition) is 2. The summed E-state index contributed by atoms with van der Waals surface area (Å²) in [6, 6.07) is 0.346. The number of alkyl halides is 2. The Kier molecular flexibility index (Phi) is 6.50. The van der Waals surface area contributed by atoms with Crippen LogP contribution in [0, 0.1) is 11.8 Å². The summed E-state index contributed by atoms with van der Waals surface area (Å²) in [7, 11) is 1.70. The van der Waals surface area contributed by atoms with E-state index in [1.807, 2.05) is 0 Å². The van der Waals surface area contributed by atoms with Crippen LogP contribution in [0.2, 0.25) is 0 Å². The van der Waals surface area contributed by atoms with Gasteiger partial charge in [0.2, 0.25) is 5.92 Å². The maximum Gasteiger partial charge on any atom is 0.248 e. The lowest BCUT2D eigenvalue weighted by Crippen LogP contribution is -2.33. The van der Waals surface area contributed by atoms with Gasteiger partial charge in [0.15, 0.2) is 0 Å². The molecule has 108 valence electrons. The van der Waals surface area contributed by atoms with Crippen LogP contribution in [0.5, 0.6) is 0 Å². The highest BCUT2D eigenvalue weighted by Gasteiger charge is 2.39. The van der Waals surface area contributed by atoms with Crippen LogP contribution in [0.3, 0.4) is 0 Å². The van der Waals surface area contributed by atoms with Gasteiger partial charge in [0.25, 0.3) is 0 Å². The van der Waals surface area contributed by atoms with E-state index in [9.17, 15) is 8.78 Å². The average Bonchev–Trinajstić information content (AvgIpc) is 2.58. The first-order valence-electron chi connectivity index (χ1n) is 7.07. The van der Waals surface area contributed by atoms with E-state index < -0.39 is 5.92 Å². The topological polar surface area (TPSA) is 21.3 Å². The molecule has 1 aliphatic carbocycles. The molecule has 1 N–H and O–H groups in total. The number of hydrogen-bond donors (Lipinski definition) is 1. The Bertz CT molecular complexity index is 236. The third kappa shape index (κ3) is 5.61. The van der Waals surface area contributed by atoms with Crippen molar-refractivity contribution in [1.82, 2.24) is 5.32 Å². The Morgan fingerprint density at radius 2 is 2.17 bits per heavy atom. The Labute approximate surface area is 109 Å². The normalized spacial score (nSPS) is 26.2. The molecule has 0 radical (unpaired) electrons. The average molecular weight is 263 g/mol. The van der Waals surface area contributed by atoms with Crippen LogP contribution in [-0.4, -0.2) is 32.2 Å². The molecule has 1 saturated carbocycles. The fourth-order valence-electron chi connectivity index (χ4n) is 3.04. The lowest BCUT2D eigenvalue weighted by Gasteiger charge is -2.24. The highest BCUT2D eigenvalue weighted by Crippen LogP contribution is 2.41. The van der Waals surface area contributed by atoms with E-state index >= 15 is 0 Å². The minimum atomic E-state index is -2.42. The molecule has 1 fully saturated rings. The number of halogens is 2. The molecule has 0 heterocycles. The molecule has 1 rings (SSSR count). The Morgan fingerprint density at radius 3 is 2.67 bits per heavy atom. The van der Waals surface area contributed by atoms with Crippen LogP contribution in [-0.2, 0) is 4.74 Å². The van der Waals surface area contributed by atoms with E-state index in [0.717, 1.165) is 26.0 Å². The minimum Gasteiger partial charge on any atom is -0.384 e. The molecular weight excluding hydrogens is 236 g/mol. The molecule has 0 amide bonds. The fraction of sp³-hybridized carbons (Fsp3) is 1.00. The molecule has 1 aliphatic rings. The van der Waals surface area contributed by atoms with Crippen LogP contribution in [0.15, 0.2) is 0 Å². The summed E-state index contributed by atoms with van der Waals surface area (Å²) >= 11 is 0. The fourth-order valence-corrected chi connectivity index (χ4v) is 3.04. The third-order valence-corrected chi connectivity index (χ3v) is 3.75. The van der Waals surface area contributed by atoms with E-state index in [-0.39, 0.29) is 18.8 Å². The van der Waals surface area contributed by atoms with Crippen molar-refractivity contribution >= 4 is 0 Å². The first kappa shape index (κ1) is 15.8. The van der Waals surface area contributed by atoms with Gasteiger partial charge in [-0.1, -0.05) is 13.8 Å². The second-order valence-electron chi connectivity index (χ2n) is 5.75. The van der Waals surface area contributed by atoms with Crippen molar-refractivity contribution < 1.29 is 13.5 Å². The van der Waals surface area contributed by atoms with Crippen molar-refractivity contribution in [3.63, 3.8) is 0 Å². The lowest BCUT2D eigenvalue weighted by molar-refractivity contribution is 0.00417. The smallest absolute Gasteiger partial charge is 0.248 e. The highest BCUT2D eigenvalue weighted by molar-refractivity contribution is 4.84. The molecule has 18 heavy (non-hydrogen) atoms. The molecule has 0 aliphatic heterocycles. The summed E-state index contributed by atoms with van der Waals surface area (Å²) in [5.41, 5.74) is 0. The van der Waals surface area contributed by atoms with Crippen molar-refractivity contribution in [2.45, 2.75) is 57.9 Å².